The number of hydrogen-bond acceptors (Lipinski definition) is 3. The van der Waals surface area contributed by atoms with Crippen LogP contribution in [0.25, 0.3) is 0 Å². The van der Waals surface area contributed by atoms with Crippen LogP contribution in [0.15, 0.2) is 47.4 Å². The van der Waals surface area contributed by atoms with Crippen molar-refractivity contribution in [2.45, 2.75) is 38.1 Å². The quantitative estimate of drug-likeness (QED) is 0.795. The number of carbonyl (C=O) groups excluding carboxylic acids is 1. The normalized spacial score (nSPS) is 12.5. The Labute approximate surface area is 153 Å². The van der Waals surface area contributed by atoms with Gasteiger partial charge in [0.25, 0.3) is 15.9 Å². The van der Waals surface area contributed by atoms with E-state index >= 15 is 0 Å². The Morgan fingerprint density at radius 3 is 2.52 bits per heavy atom. The summed E-state index contributed by atoms with van der Waals surface area (Å²) < 4.78 is 27.9. The highest BCUT2D eigenvalue weighted by atomic mass is 35.5. The first-order chi connectivity index (χ1) is 11.7. The SMILES string of the molecule is CC[C@@H](C)NC(=O)c1ccc(Cl)c(S(=O)(=O)Nc2ccccc2C)c1. The molecule has 5 nitrogen and oxygen atoms in total. The van der Waals surface area contributed by atoms with Crippen LogP contribution >= 0.6 is 11.6 Å². The van der Waals surface area contributed by atoms with Gasteiger partial charge in [-0.15, -0.1) is 0 Å². The van der Waals surface area contributed by atoms with Gasteiger partial charge in [0.05, 0.1) is 10.7 Å². The third-order valence-corrected chi connectivity index (χ3v) is 5.71. The van der Waals surface area contributed by atoms with E-state index in [-0.39, 0.29) is 27.4 Å². The van der Waals surface area contributed by atoms with Gasteiger partial charge in [-0.25, -0.2) is 8.42 Å². The Morgan fingerprint density at radius 1 is 1.20 bits per heavy atom. The summed E-state index contributed by atoms with van der Waals surface area (Å²) >= 11 is 6.07. The highest BCUT2D eigenvalue weighted by Gasteiger charge is 2.21. The lowest BCUT2D eigenvalue weighted by Crippen LogP contribution is -2.32. The van der Waals surface area contributed by atoms with Crippen molar-refractivity contribution in [3.05, 3.63) is 58.6 Å². The number of halogens is 1. The van der Waals surface area contributed by atoms with Crippen LogP contribution in [-0.2, 0) is 10.0 Å². The molecule has 25 heavy (non-hydrogen) atoms. The second-order valence-electron chi connectivity index (χ2n) is 5.85. The molecule has 0 saturated heterocycles. The van der Waals surface area contributed by atoms with E-state index in [1.807, 2.05) is 19.9 Å². The molecule has 0 bridgehead atoms. The Balaban J connectivity index is 2.36. The summed E-state index contributed by atoms with van der Waals surface area (Å²) in [6.45, 7) is 5.63. The second-order valence-corrected chi connectivity index (χ2v) is 7.91. The monoisotopic (exact) mass is 380 g/mol. The number of anilines is 1. The van der Waals surface area contributed by atoms with Crippen molar-refractivity contribution in [2.24, 2.45) is 0 Å². The number of hydrogen-bond donors (Lipinski definition) is 2. The first-order valence-corrected chi connectivity index (χ1v) is 9.79. The van der Waals surface area contributed by atoms with Crippen molar-refractivity contribution in [3.8, 4) is 0 Å². The summed E-state index contributed by atoms with van der Waals surface area (Å²) in [5.74, 6) is -0.335. The summed E-state index contributed by atoms with van der Waals surface area (Å²) in [6, 6.07) is 11.2. The molecule has 0 aliphatic heterocycles. The lowest BCUT2D eigenvalue weighted by molar-refractivity contribution is 0.0939. The molecule has 0 aromatic heterocycles. The van der Waals surface area contributed by atoms with Crippen molar-refractivity contribution in [2.75, 3.05) is 4.72 Å². The first kappa shape index (κ1) is 19.3. The molecule has 0 heterocycles. The summed E-state index contributed by atoms with van der Waals surface area (Å²) in [5.41, 5.74) is 1.50. The van der Waals surface area contributed by atoms with Gasteiger partial charge in [-0.3, -0.25) is 9.52 Å². The van der Waals surface area contributed by atoms with Gasteiger partial charge >= 0.3 is 0 Å². The summed E-state index contributed by atoms with van der Waals surface area (Å²) in [4.78, 5) is 12.1. The zero-order valence-electron chi connectivity index (χ0n) is 14.3. The number of benzene rings is 2. The standard InChI is InChI=1S/C18H21ClN2O3S/c1-4-13(3)20-18(22)14-9-10-15(19)17(11-14)25(23,24)21-16-8-6-5-7-12(16)2/h5-11,13,21H,4H2,1-3H3,(H,20,22)/t13-/m1/s1. The zero-order chi connectivity index (χ0) is 18.6. The molecule has 134 valence electrons. The lowest BCUT2D eigenvalue weighted by Gasteiger charge is -2.14. The topological polar surface area (TPSA) is 75.3 Å². The Morgan fingerprint density at radius 2 is 1.88 bits per heavy atom. The van der Waals surface area contributed by atoms with Crippen molar-refractivity contribution in [1.82, 2.24) is 5.32 Å². The molecule has 2 N–H and O–H groups in total. The fraction of sp³-hybridized carbons (Fsp3) is 0.278. The van der Waals surface area contributed by atoms with Crippen LogP contribution in [-0.4, -0.2) is 20.4 Å². The second kappa shape index (κ2) is 7.89. The van der Waals surface area contributed by atoms with Crippen LogP contribution in [0, 0.1) is 6.92 Å². The minimum absolute atomic E-state index is 0.00618. The van der Waals surface area contributed by atoms with Crippen LogP contribution in [0.4, 0.5) is 5.69 Å². The van der Waals surface area contributed by atoms with Crippen LogP contribution in [0.3, 0.4) is 0 Å². The third-order valence-electron chi connectivity index (χ3n) is 3.86. The lowest BCUT2D eigenvalue weighted by atomic mass is 10.2. The van der Waals surface area contributed by atoms with Crippen LogP contribution in [0.5, 0.6) is 0 Å². The minimum Gasteiger partial charge on any atom is -0.350 e. The number of amides is 1. The van der Waals surface area contributed by atoms with Gasteiger partial charge in [0.15, 0.2) is 0 Å². The fourth-order valence-electron chi connectivity index (χ4n) is 2.15. The van der Waals surface area contributed by atoms with Gasteiger partial charge < -0.3 is 5.32 Å². The highest BCUT2D eigenvalue weighted by molar-refractivity contribution is 7.92. The Kier molecular flexibility index (Phi) is 6.08. The molecule has 1 atom stereocenters. The van der Waals surface area contributed by atoms with E-state index in [1.165, 1.54) is 18.2 Å². The first-order valence-electron chi connectivity index (χ1n) is 7.93. The summed E-state index contributed by atoms with van der Waals surface area (Å²) in [6.07, 6.45) is 0.777. The molecule has 0 spiro atoms. The molecular weight excluding hydrogens is 360 g/mol. The fourth-order valence-corrected chi connectivity index (χ4v) is 3.80. The van der Waals surface area contributed by atoms with Crippen molar-refractivity contribution >= 4 is 33.2 Å². The van der Waals surface area contributed by atoms with Crippen LogP contribution in [0.1, 0.15) is 36.2 Å². The van der Waals surface area contributed by atoms with E-state index in [0.717, 1.165) is 12.0 Å². The number of para-hydroxylation sites is 1. The highest BCUT2D eigenvalue weighted by Crippen LogP contribution is 2.26. The molecule has 2 rings (SSSR count). The van der Waals surface area contributed by atoms with Gasteiger partial charge in [-0.1, -0.05) is 36.7 Å². The van der Waals surface area contributed by atoms with Crippen LogP contribution < -0.4 is 10.0 Å². The molecular formula is C18H21ClN2O3S. The molecule has 0 unspecified atom stereocenters. The van der Waals surface area contributed by atoms with Crippen molar-refractivity contribution in [1.29, 1.82) is 0 Å². The maximum atomic E-state index is 12.7. The Hall–Kier alpha value is -2.05. The number of sulfonamides is 1. The van der Waals surface area contributed by atoms with E-state index < -0.39 is 10.0 Å². The van der Waals surface area contributed by atoms with Gasteiger partial charge in [0, 0.05) is 11.6 Å². The van der Waals surface area contributed by atoms with Gasteiger partial charge in [-0.2, -0.15) is 0 Å². The Bertz CT molecular complexity index is 882. The average molecular weight is 381 g/mol. The molecule has 2 aromatic carbocycles. The average Bonchev–Trinajstić information content (AvgIpc) is 2.56. The third kappa shape index (κ3) is 4.74. The zero-order valence-corrected chi connectivity index (χ0v) is 15.9. The maximum absolute atomic E-state index is 12.7. The molecule has 0 radical (unpaired) electrons. The van der Waals surface area contributed by atoms with E-state index in [9.17, 15) is 13.2 Å². The number of rotatable bonds is 6. The summed E-state index contributed by atoms with van der Waals surface area (Å²) in [7, 11) is -3.92. The summed E-state index contributed by atoms with van der Waals surface area (Å²) in [5, 5.41) is 2.86. The number of aryl methyl sites for hydroxylation is 1. The molecule has 7 heteroatoms. The molecule has 0 fully saturated rings. The number of carbonyl (C=O) groups is 1. The molecule has 0 saturated carbocycles. The number of nitrogens with one attached hydrogen (secondary N) is 2. The van der Waals surface area contributed by atoms with Crippen molar-refractivity contribution < 1.29 is 13.2 Å². The maximum Gasteiger partial charge on any atom is 0.263 e. The van der Waals surface area contributed by atoms with Gasteiger partial charge in [0.1, 0.15) is 4.90 Å². The molecule has 0 aliphatic carbocycles. The predicted octanol–water partition coefficient (Wildman–Crippen LogP) is 3.98. The largest absolute Gasteiger partial charge is 0.350 e. The molecule has 1 amide bonds. The van der Waals surface area contributed by atoms with E-state index in [0.29, 0.717) is 5.69 Å². The van der Waals surface area contributed by atoms with Gasteiger partial charge in [-0.05, 0) is 50.1 Å². The van der Waals surface area contributed by atoms with E-state index in [4.69, 9.17) is 11.6 Å². The van der Waals surface area contributed by atoms with Crippen molar-refractivity contribution in [3.63, 3.8) is 0 Å². The van der Waals surface area contributed by atoms with Gasteiger partial charge in [0.2, 0.25) is 0 Å². The van der Waals surface area contributed by atoms with E-state index in [1.54, 1.807) is 25.1 Å². The minimum atomic E-state index is -3.92. The molecule has 0 aliphatic rings. The predicted molar refractivity (Wildman–Crippen MR) is 101 cm³/mol. The smallest absolute Gasteiger partial charge is 0.263 e. The van der Waals surface area contributed by atoms with E-state index in [2.05, 4.69) is 10.0 Å². The molecule has 2 aromatic rings. The van der Waals surface area contributed by atoms with Crippen LogP contribution in [0.2, 0.25) is 5.02 Å².